The van der Waals surface area contributed by atoms with E-state index in [4.69, 9.17) is 5.11 Å². The number of aliphatic hydroxyl groups excluding tert-OH is 1. The fraction of sp³-hybridized carbons (Fsp3) is 0.333. The van der Waals surface area contributed by atoms with E-state index in [0.717, 1.165) is 6.26 Å². The predicted molar refractivity (Wildman–Crippen MR) is 96.8 cm³/mol. The molecule has 2 aromatic rings. The van der Waals surface area contributed by atoms with E-state index < -0.39 is 20.0 Å². The summed E-state index contributed by atoms with van der Waals surface area (Å²) in [6.07, 6.45) is 0.922. The molecule has 2 aromatic heterocycles. The van der Waals surface area contributed by atoms with E-state index in [1.54, 1.807) is 0 Å². The molecular weight excluding hydrogens is 396 g/mol. The largest absolute Gasteiger partial charge is 0.390 e. The minimum Gasteiger partial charge on any atom is -0.390 e. The Balaban J connectivity index is 0.000000292. The molecule has 0 radical (unpaired) electrons. The molecular formula is C15H18N4O8S. The zero-order valence-electron chi connectivity index (χ0n) is 15.2. The summed E-state index contributed by atoms with van der Waals surface area (Å²) in [7, 11) is -3.54. The van der Waals surface area contributed by atoms with E-state index in [1.165, 1.54) is 38.1 Å². The van der Waals surface area contributed by atoms with Gasteiger partial charge in [0.2, 0.25) is 0 Å². The first-order valence-corrected chi connectivity index (χ1v) is 9.43. The van der Waals surface area contributed by atoms with Gasteiger partial charge in [-0.2, -0.15) is 8.42 Å². The average Bonchev–Trinajstić information content (AvgIpc) is 2.59. The molecule has 0 bridgehead atoms. The molecule has 0 aliphatic heterocycles. The molecule has 0 spiro atoms. The van der Waals surface area contributed by atoms with Gasteiger partial charge in [0.1, 0.15) is 18.0 Å². The van der Waals surface area contributed by atoms with Gasteiger partial charge in [0.05, 0.1) is 34.1 Å². The third-order valence-corrected chi connectivity index (χ3v) is 3.75. The molecule has 152 valence electrons. The van der Waals surface area contributed by atoms with Gasteiger partial charge in [-0.25, -0.2) is 9.97 Å². The van der Waals surface area contributed by atoms with Crippen LogP contribution in [0.15, 0.2) is 24.3 Å². The third kappa shape index (κ3) is 7.30. The highest BCUT2D eigenvalue weighted by Gasteiger charge is 2.13. The minimum atomic E-state index is -3.54. The number of nitro groups is 2. The first-order valence-electron chi connectivity index (χ1n) is 7.61. The van der Waals surface area contributed by atoms with Crippen LogP contribution in [0.4, 0.5) is 11.4 Å². The Morgan fingerprint density at radius 3 is 1.75 bits per heavy atom. The smallest absolute Gasteiger partial charge is 0.290 e. The van der Waals surface area contributed by atoms with Crippen LogP contribution in [0.25, 0.3) is 0 Å². The average molecular weight is 414 g/mol. The molecule has 12 nitrogen and oxygen atoms in total. The van der Waals surface area contributed by atoms with Gasteiger partial charge in [0.15, 0.2) is 0 Å². The fourth-order valence-electron chi connectivity index (χ4n) is 1.93. The molecule has 0 aliphatic rings. The lowest BCUT2D eigenvalue weighted by Gasteiger charge is -2.02. The maximum absolute atomic E-state index is 10.7. The Morgan fingerprint density at radius 2 is 1.39 bits per heavy atom. The highest BCUT2D eigenvalue weighted by Crippen LogP contribution is 2.16. The molecule has 13 heteroatoms. The lowest BCUT2D eigenvalue weighted by molar-refractivity contribution is -0.385. The molecule has 0 aliphatic carbocycles. The van der Waals surface area contributed by atoms with Crippen molar-refractivity contribution in [3.05, 3.63) is 67.3 Å². The monoisotopic (exact) mass is 414 g/mol. The second kappa shape index (κ2) is 9.77. The van der Waals surface area contributed by atoms with Crippen LogP contribution in [0.2, 0.25) is 0 Å². The van der Waals surface area contributed by atoms with Crippen LogP contribution in [0, 0.1) is 34.1 Å². The summed E-state index contributed by atoms with van der Waals surface area (Å²) in [6, 6.07) is 5.40. The van der Waals surface area contributed by atoms with E-state index >= 15 is 0 Å². The molecule has 0 unspecified atom stereocenters. The van der Waals surface area contributed by atoms with Gasteiger partial charge in [0, 0.05) is 12.1 Å². The Labute approximate surface area is 160 Å². The summed E-state index contributed by atoms with van der Waals surface area (Å²) in [6.45, 7) is 2.59. The molecule has 0 saturated heterocycles. The van der Waals surface area contributed by atoms with Crippen LogP contribution in [-0.4, -0.2) is 39.6 Å². The van der Waals surface area contributed by atoms with Crippen molar-refractivity contribution in [2.75, 3.05) is 6.26 Å². The minimum absolute atomic E-state index is 0.0211. The molecule has 0 aromatic carbocycles. The number of hydrogen-bond acceptors (Lipinski definition) is 10. The van der Waals surface area contributed by atoms with Crippen LogP contribution in [0.3, 0.4) is 0 Å². The van der Waals surface area contributed by atoms with Crippen LogP contribution < -0.4 is 0 Å². The zero-order valence-corrected chi connectivity index (χ0v) is 16.0. The number of hydrogen-bond donors (Lipinski definition) is 1. The first kappa shape index (κ1) is 23.0. The van der Waals surface area contributed by atoms with E-state index in [0.29, 0.717) is 17.1 Å². The Bertz CT molecular complexity index is 978. The second-order valence-corrected chi connectivity index (χ2v) is 7.10. The van der Waals surface area contributed by atoms with Gasteiger partial charge < -0.3 is 5.11 Å². The Morgan fingerprint density at radius 1 is 0.964 bits per heavy atom. The summed E-state index contributed by atoms with van der Waals surface area (Å²) >= 11 is 0. The number of aliphatic hydroxyl groups is 1. The first-order chi connectivity index (χ1) is 12.9. The van der Waals surface area contributed by atoms with E-state index in [9.17, 15) is 28.6 Å². The standard InChI is InChI=1S/C8H10N2O5S.C7H8N2O3/c1-6-8(10(11)12)4-3-7(9-6)5-15-16(2,13)14;1-5-7(9(11)12)3-2-6(4-10)8-5/h3-4H,5H2,1-2H3;2-3,10H,4H2,1H3. The highest BCUT2D eigenvalue weighted by molar-refractivity contribution is 7.85. The van der Waals surface area contributed by atoms with Gasteiger partial charge in [-0.15, -0.1) is 0 Å². The van der Waals surface area contributed by atoms with Crippen LogP contribution >= 0.6 is 0 Å². The number of aromatic nitrogens is 2. The zero-order chi connectivity index (χ0) is 21.5. The Kier molecular flexibility index (Phi) is 8.03. The van der Waals surface area contributed by atoms with Gasteiger partial charge in [0.25, 0.3) is 21.5 Å². The SMILES string of the molecule is Cc1nc(CO)ccc1[N+](=O)[O-].Cc1nc(COS(C)(=O)=O)ccc1[N+](=O)[O-]. The van der Waals surface area contributed by atoms with Crippen molar-refractivity contribution < 1.29 is 27.6 Å². The molecule has 0 saturated carbocycles. The summed E-state index contributed by atoms with van der Waals surface area (Å²) in [5.41, 5.74) is 1.19. The summed E-state index contributed by atoms with van der Waals surface area (Å²) < 4.78 is 25.9. The lowest BCUT2D eigenvalue weighted by atomic mass is 10.3. The second-order valence-electron chi connectivity index (χ2n) is 5.45. The number of aryl methyl sites for hydroxylation is 2. The fourth-order valence-corrected chi connectivity index (χ4v) is 2.27. The number of rotatable bonds is 6. The molecule has 0 amide bonds. The van der Waals surface area contributed by atoms with Crippen molar-refractivity contribution in [1.82, 2.24) is 9.97 Å². The normalized spacial score (nSPS) is 10.7. The van der Waals surface area contributed by atoms with Crippen LogP contribution in [-0.2, 0) is 27.5 Å². The predicted octanol–water partition coefficient (Wildman–Crippen LogP) is 1.56. The van der Waals surface area contributed by atoms with Gasteiger partial charge in [-0.1, -0.05) is 0 Å². The topological polar surface area (TPSA) is 176 Å². The van der Waals surface area contributed by atoms with Crippen molar-refractivity contribution >= 4 is 21.5 Å². The quantitative estimate of drug-likeness (QED) is 0.414. The van der Waals surface area contributed by atoms with Crippen molar-refractivity contribution in [2.24, 2.45) is 0 Å². The molecule has 28 heavy (non-hydrogen) atoms. The maximum atomic E-state index is 10.7. The maximum Gasteiger partial charge on any atom is 0.290 e. The summed E-state index contributed by atoms with van der Waals surface area (Å²) in [5.74, 6) is 0. The van der Waals surface area contributed by atoms with Gasteiger partial charge >= 0.3 is 0 Å². The van der Waals surface area contributed by atoms with Crippen molar-refractivity contribution in [3.8, 4) is 0 Å². The van der Waals surface area contributed by atoms with E-state index in [1.807, 2.05) is 0 Å². The number of pyridine rings is 2. The molecule has 2 heterocycles. The van der Waals surface area contributed by atoms with Crippen molar-refractivity contribution in [1.29, 1.82) is 0 Å². The molecule has 2 rings (SSSR count). The number of nitrogens with zero attached hydrogens (tertiary/aromatic N) is 4. The van der Waals surface area contributed by atoms with Crippen molar-refractivity contribution in [3.63, 3.8) is 0 Å². The third-order valence-electron chi connectivity index (χ3n) is 3.21. The van der Waals surface area contributed by atoms with Gasteiger partial charge in [-0.05, 0) is 26.0 Å². The molecule has 0 atom stereocenters. The molecule has 0 fully saturated rings. The van der Waals surface area contributed by atoms with E-state index in [-0.39, 0.29) is 30.3 Å². The van der Waals surface area contributed by atoms with Crippen LogP contribution in [0.5, 0.6) is 0 Å². The molecule has 1 N–H and O–H groups in total. The summed E-state index contributed by atoms with van der Waals surface area (Å²) in [4.78, 5) is 27.5. The van der Waals surface area contributed by atoms with Crippen LogP contribution in [0.1, 0.15) is 22.8 Å². The van der Waals surface area contributed by atoms with E-state index in [2.05, 4.69) is 14.2 Å². The Hall–Kier alpha value is -3.03. The lowest BCUT2D eigenvalue weighted by Crippen LogP contribution is -2.05. The van der Waals surface area contributed by atoms with Gasteiger partial charge in [-0.3, -0.25) is 24.4 Å². The highest BCUT2D eigenvalue weighted by atomic mass is 32.2. The summed E-state index contributed by atoms with van der Waals surface area (Å²) in [5, 5.41) is 29.5. The van der Waals surface area contributed by atoms with Crippen molar-refractivity contribution in [2.45, 2.75) is 27.1 Å².